The summed E-state index contributed by atoms with van der Waals surface area (Å²) in [7, 11) is 0. The third-order valence-electron chi connectivity index (χ3n) is 7.11. The van der Waals surface area contributed by atoms with Crippen LogP contribution < -0.4 is 15.5 Å². The SMILES string of the molecule is NC1(c2ccccc2)C=C(N(c2ccccc2)c2ccccc2)C=C(N(c2ccccc2)c2ccccc2)C1. The molecule has 1 aliphatic carbocycles. The fourth-order valence-electron chi connectivity index (χ4n) is 5.32. The summed E-state index contributed by atoms with van der Waals surface area (Å²) in [5.41, 5.74) is 14.2. The third-order valence-corrected chi connectivity index (χ3v) is 7.11. The zero-order valence-electron chi connectivity index (χ0n) is 21.8. The Balaban J connectivity index is 1.58. The average Bonchev–Trinajstić information content (AvgIpc) is 3.00. The van der Waals surface area contributed by atoms with E-state index in [1.165, 1.54) is 0 Å². The molecule has 1 aliphatic rings. The molecule has 190 valence electrons. The van der Waals surface area contributed by atoms with Crippen LogP contribution in [0.25, 0.3) is 0 Å². The van der Waals surface area contributed by atoms with Crippen molar-refractivity contribution in [1.82, 2.24) is 0 Å². The van der Waals surface area contributed by atoms with Gasteiger partial charge >= 0.3 is 0 Å². The van der Waals surface area contributed by atoms with E-state index in [0.717, 1.165) is 39.7 Å². The first-order chi connectivity index (χ1) is 19.2. The highest BCUT2D eigenvalue weighted by Gasteiger charge is 2.34. The Labute approximate surface area is 230 Å². The van der Waals surface area contributed by atoms with E-state index in [1.54, 1.807) is 0 Å². The van der Waals surface area contributed by atoms with Crippen molar-refractivity contribution in [1.29, 1.82) is 0 Å². The van der Waals surface area contributed by atoms with Gasteiger partial charge in [-0.05, 0) is 66.2 Å². The van der Waals surface area contributed by atoms with Crippen molar-refractivity contribution >= 4 is 22.7 Å². The number of allylic oxidation sites excluding steroid dienone is 1. The lowest BCUT2D eigenvalue weighted by Crippen LogP contribution is -2.41. The number of anilines is 4. The number of nitrogens with zero attached hydrogens (tertiary/aromatic N) is 2. The van der Waals surface area contributed by atoms with Crippen LogP contribution in [0.5, 0.6) is 0 Å². The number of benzene rings is 5. The summed E-state index contributed by atoms with van der Waals surface area (Å²) >= 11 is 0. The van der Waals surface area contributed by atoms with E-state index in [2.05, 4.69) is 155 Å². The van der Waals surface area contributed by atoms with Crippen LogP contribution in [-0.4, -0.2) is 0 Å². The van der Waals surface area contributed by atoms with Crippen molar-refractivity contribution in [2.75, 3.05) is 9.80 Å². The minimum Gasteiger partial charge on any atom is -0.318 e. The lowest BCUT2D eigenvalue weighted by Gasteiger charge is -2.40. The molecule has 0 saturated carbocycles. The van der Waals surface area contributed by atoms with Gasteiger partial charge in [-0.2, -0.15) is 0 Å². The Hall–Kier alpha value is -4.86. The van der Waals surface area contributed by atoms with Crippen molar-refractivity contribution in [3.05, 3.63) is 181 Å². The summed E-state index contributed by atoms with van der Waals surface area (Å²) in [6.45, 7) is 0. The molecule has 0 bridgehead atoms. The van der Waals surface area contributed by atoms with Gasteiger partial charge in [0.1, 0.15) is 0 Å². The molecule has 2 N–H and O–H groups in total. The molecule has 3 heteroatoms. The summed E-state index contributed by atoms with van der Waals surface area (Å²) in [5.74, 6) is 0. The van der Waals surface area contributed by atoms with E-state index in [-0.39, 0.29) is 0 Å². The second-order valence-electron chi connectivity index (χ2n) is 9.80. The Morgan fingerprint density at radius 3 is 1.23 bits per heavy atom. The maximum atomic E-state index is 7.38. The van der Waals surface area contributed by atoms with Gasteiger partial charge in [-0.3, -0.25) is 0 Å². The van der Waals surface area contributed by atoms with Crippen LogP contribution in [0.3, 0.4) is 0 Å². The molecular weight excluding hydrogens is 474 g/mol. The van der Waals surface area contributed by atoms with E-state index >= 15 is 0 Å². The fourth-order valence-corrected chi connectivity index (χ4v) is 5.32. The predicted octanol–water partition coefficient (Wildman–Crippen LogP) is 8.69. The molecule has 5 aromatic carbocycles. The molecule has 1 unspecified atom stereocenters. The Bertz CT molecular complexity index is 1480. The molecule has 0 saturated heterocycles. The Morgan fingerprint density at radius 1 is 0.462 bits per heavy atom. The molecule has 0 radical (unpaired) electrons. The zero-order chi connectivity index (χ0) is 26.5. The van der Waals surface area contributed by atoms with Crippen LogP contribution >= 0.6 is 0 Å². The van der Waals surface area contributed by atoms with Gasteiger partial charge in [0.2, 0.25) is 0 Å². The number of hydrogen-bond donors (Lipinski definition) is 1. The molecule has 0 aromatic heterocycles. The molecule has 0 aliphatic heterocycles. The highest BCUT2D eigenvalue weighted by atomic mass is 15.2. The van der Waals surface area contributed by atoms with E-state index < -0.39 is 5.54 Å². The summed E-state index contributed by atoms with van der Waals surface area (Å²) in [6, 6.07) is 52.4. The molecule has 5 aromatic rings. The molecule has 3 nitrogen and oxygen atoms in total. The Morgan fingerprint density at radius 2 is 0.821 bits per heavy atom. The van der Waals surface area contributed by atoms with Gasteiger partial charge in [0.25, 0.3) is 0 Å². The standard InChI is InChI=1S/C36H31N3/c37-36(29-16-6-1-7-17-29)27-34(38(30-18-8-2-9-19-30)31-20-10-3-11-21-31)26-35(28-36)39(32-22-12-4-13-23-32)33-24-14-5-15-25-33/h1-27H,28,37H2. The van der Waals surface area contributed by atoms with Gasteiger partial charge in [0.15, 0.2) is 0 Å². The minimum absolute atomic E-state index is 0.641. The van der Waals surface area contributed by atoms with Crippen molar-refractivity contribution in [2.45, 2.75) is 12.0 Å². The van der Waals surface area contributed by atoms with Crippen LogP contribution in [-0.2, 0) is 5.54 Å². The van der Waals surface area contributed by atoms with Gasteiger partial charge in [-0.1, -0.05) is 103 Å². The smallest absolute Gasteiger partial charge is 0.0673 e. The van der Waals surface area contributed by atoms with E-state index in [0.29, 0.717) is 6.42 Å². The molecule has 39 heavy (non-hydrogen) atoms. The maximum absolute atomic E-state index is 7.38. The normalized spacial score (nSPS) is 16.6. The molecular formula is C36H31N3. The molecule has 6 rings (SSSR count). The number of para-hydroxylation sites is 4. The van der Waals surface area contributed by atoms with Crippen molar-refractivity contribution in [3.8, 4) is 0 Å². The van der Waals surface area contributed by atoms with E-state index in [9.17, 15) is 0 Å². The first kappa shape index (κ1) is 24.5. The fraction of sp³-hybridized carbons (Fsp3) is 0.0556. The van der Waals surface area contributed by atoms with Crippen molar-refractivity contribution in [2.24, 2.45) is 5.73 Å². The van der Waals surface area contributed by atoms with Crippen molar-refractivity contribution in [3.63, 3.8) is 0 Å². The number of hydrogen-bond acceptors (Lipinski definition) is 3. The predicted molar refractivity (Wildman–Crippen MR) is 163 cm³/mol. The Kier molecular flexibility index (Phi) is 6.82. The van der Waals surface area contributed by atoms with Crippen LogP contribution in [0.4, 0.5) is 22.7 Å². The monoisotopic (exact) mass is 505 g/mol. The van der Waals surface area contributed by atoms with E-state index in [4.69, 9.17) is 5.73 Å². The summed E-state index contributed by atoms with van der Waals surface area (Å²) < 4.78 is 0. The van der Waals surface area contributed by atoms with Crippen molar-refractivity contribution < 1.29 is 0 Å². The highest BCUT2D eigenvalue weighted by Crippen LogP contribution is 2.42. The lowest BCUT2D eigenvalue weighted by atomic mass is 9.81. The minimum atomic E-state index is -0.718. The second-order valence-corrected chi connectivity index (χ2v) is 9.80. The van der Waals surface area contributed by atoms with Gasteiger partial charge < -0.3 is 15.5 Å². The molecule has 0 heterocycles. The topological polar surface area (TPSA) is 32.5 Å². The number of rotatable bonds is 7. The van der Waals surface area contributed by atoms with Gasteiger partial charge in [0.05, 0.1) is 5.54 Å². The molecule has 1 atom stereocenters. The van der Waals surface area contributed by atoms with Gasteiger partial charge in [-0.25, -0.2) is 0 Å². The largest absolute Gasteiger partial charge is 0.318 e. The second kappa shape index (κ2) is 10.9. The van der Waals surface area contributed by atoms with Crippen LogP contribution in [0.15, 0.2) is 175 Å². The first-order valence-corrected chi connectivity index (χ1v) is 13.3. The van der Waals surface area contributed by atoms with Crippen LogP contribution in [0.1, 0.15) is 12.0 Å². The number of nitrogens with two attached hydrogens (primary N) is 1. The van der Waals surface area contributed by atoms with Gasteiger partial charge in [0, 0.05) is 40.6 Å². The van der Waals surface area contributed by atoms with Gasteiger partial charge in [-0.15, -0.1) is 0 Å². The first-order valence-electron chi connectivity index (χ1n) is 13.3. The molecule has 0 amide bonds. The third kappa shape index (κ3) is 5.13. The van der Waals surface area contributed by atoms with E-state index in [1.807, 2.05) is 18.2 Å². The average molecular weight is 506 g/mol. The maximum Gasteiger partial charge on any atom is 0.0673 e. The quantitative estimate of drug-likeness (QED) is 0.240. The summed E-state index contributed by atoms with van der Waals surface area (Å²) in [4.78, 5) is 4.61. The molecule has 0 spiro atoms. The highest BCUT2D eigenvalue weighted by molar-refractivity contribution is 5.74. The summed E-state index contributed by atoms with van der Waals surface area (Å²) in [5, 5.41) is 0. The van der Waals surface area contributed by atoms with Crippen LogP contribution in [0.2, 0.25) is 0 Å². The summed E-state index contributed by atoms with van der Waals surface area (Å²) in [6.07, 6.45) is 5.15. The lowest BCUT2D eigenvalue weighted by molar-refractivity contribution is 0.538. The zero-order valence-corrected chi connectivity index (χ0v) is 21.8. The van der Waals surface area contributed by atoms with Crippen LogP contribution in [0, 0.1) is 0 Å². The molecule has 0 fully saturated rings.